The maximum absolute atomic E-state index is 8.25. The summed E-state index contributed by atoms with van der Waals surface area (Å²) in [4.78, 5) is 7.61. The van der Waals surface area contributed by atoms with Crippen molar-refractivity contribution < 1.29 is 0 Å². The Bertz CT molecular complexity index is 494. The van der Waals surface area contributed by atoms with Crippen LogP contribution in [0, 0.1) is 16.9 Å². The third kappa shape index (κ3) is 7.67. The molecule has 110 valence electrons. The Balaban J connectivity index is 0.00000361. The van der Waals surface area contributed by atoms with Gasteiger partial charge in [0.1, 0.15) is 0 Å². The van der Waals surface area contributed by atoms with Crippen molar-refractivity contribution in [3.8, 4) is 6.19 Å². The van der Waals surface area contributed by atoms with E-state index < -0.39 is 0 Å². The van der Waals surface area contributed by atoms with Gasteiger partial charge in [0.2, 0.25) is 12.2 Å². The van der Waals surface area contributed by atoms with Gasteiger partial charge in [-0.3, -0.25) is 5.41 Å². The van der Waals surface area contributed by atoms with Gasteiger partial charge in [-0.25, -0.2) is 4.98 Å². The summed E-state index contributed by atoms with van der Waals surface area (Å²) in [6, 6.07) is 0. The first-order valence-corrected chi connectivity index (χ1v) is 7.24. The van der Waals surface area contributed by atoms with Crippen molar-refractivity contribution in [3.63, 3.8) is 0 Å². The Morgan fingerprint density at radius 1 is 1.60 bits per heavy atom. The summed E-state index contributed by atoms with van der Waals surface area (Å²) in [6.45, 7) is 0.629. The fourth-order valence-electron chi connectivity index (χ4n) is 1.07. The minimum Gasteiger partial charge on any atom is -0.370 e. The first kappa shape index (κ1) is 18.3. The molecule has 1 heterocycles. The molecule has 0 bridgehead atoms. The molecule has 20 heavy (non-hydrogen) atoms. The summed E-state index contributed by atoms with van der Waals surface area (Å²) in [5.41, 5.74) is 11.5. The van der Waals surface area contributed by atoms with Crippen molar-refractivity contribution in [2.45, 2.75) is 5.75 Å². The molecule has 0 amide bonds. The van der Waals surface area contributed by atoms with Gasteiger partial charge in [0.05, 0.1) is 5.69 Å². The first-order valence-electron chi connectivity index (χ1n) is 5.21. The van der Waals surface area contributed by atoms with Crippen LogP contribution in [0.1, 0.15) is 5.69 Å². The van der Waals surface area contributed by atoms with Gasteiger partial charge in [0, 0.05) is 23.4 Å². The van der Waals surface area contributed by atoms with Crippen molar-refractivity contribution in [1.82, 2.24) is 10.3 Å². The van der Waals surface area contributed by atoms with Gasteiger partial charge < -0.3 is 22.1 Å². The van der Waals surface area contributed by atoms with E-state index in [-0.39, 0.29) is 24.3 Å². The van der Waals surface area contributed by atoms with Gasteiger partial charge in [-0.1, -0.05) is 0 Å². The molecule has 0 unspecified atom stereocenters. The van der Waals surface area contributed by atoms with E-state index in [1.54, 1.807) is 18.0 Å². The number of guanidine groups is 2. The van der Waals surface area contributed by atoms with Gasteiger partial charge in [0.25, 0.3) is 0 Å². The summed E-state index contributed by atoms with van der Waals surface area (Å²) in [6.07, 6.45) is 1.60. The molecule has 0 radical (unpaired) electrons. The van der Waals surface area contributed by atoms with Crippen LogP contribution in [0.2, 0.25) is 0 Å². The molecule has 0 fully saturated rings. The third-order valence-electron chi connectivity index (χ3n) is 1.77. The van der Waals surface area contributed by atoms with Crippen molar-refractivity contribution in [3.05, 3.63) is 11.1 Å². The van der Waals surface area contributed by atoms with Crippen LogP contribution in [0.3, 0.4) is 0 Å². The molecule has 0 aliphatic carbocycles. The topological polar surface area (TPSA) is 149 Å². The maximum atomic E-state index is 8.25. The van der Waals surface area contributed by atoms with E-state index in [2.05, 4.69) is 20.6 Å². The molecule has 0 aliphatic rings. The fraction of sp³-hybridized carbons (Fsp3) is 0.333. The van der Waals surface area contributed by atoms with E-state index in [9.17, 15) is 0 Å². The van der Waals surface area contributed by atoms with E-state index in [0.29, 0.717) is 11.7 Å². The molecular weight excluding hydrogens is 320 g/mol. The molecule has 0 saturated carbocycles. The largest absolute Gasteiger partial charge is 0.370 e. The normalized spacial score (nSPS) is 10.2. The summed E-state index contributed by atoms with van der Waals surface area (Å²) >= 11 is 3.08. The van der Waals surface area contributed by atoms with Gasteiger partial charge in [-0.15, -0.1) is 28.7 Å². The average molecular weight is 335 g/mol. The quantitative estimate of drug-likeness (QED) is 0.220. The number of thiazole rings is 1. The molecule has 0 atom stereocenters. The van der Waals surface area contributed by atoms with E-state index in [4.69, 9.17) is 22.1 Å². The van der Waals surface area contributed by atoms with E-state index in [0.717, 1.165) is 17.2 Å². The number of aromatic nitrogens is 1. The first-order chi connectivity index (χ1) is 9.11. The maximum Gasteiger partial charge on any atom is 0.209 e. The SMILES string of the molecule is Cl.N#C/N=C(/N)NCCSCc1csc(NC(=N)N)n1. The van der Waals surface area contributed by atoms with Crippen molar-refractivity contribution in [2.75, 3.05) is 17.6 Å². The number of hydrogen-bond donors (Lipinski definition) is 5. The molecule has 1 aromatic heterocycles. The number of nitrogens with two attached hydrogens (primary N) is 2. The number of nitrogens with zero attached hydrogens (tertiary/aromatic N) is 3. The van der Waals surface area contributed by atoms with Crippen LogP contribution in [0.15, 0.2) is 10.4 Å². The molecule has 1 aromatic rings. The van der Waals surface area contributed by atoms with Crippen LogP contribution >= 0.6 is 35.5 Å². The van der Waals surface area contributed by atoms with Crippen LogP contribution < -0.4 is 22.1 Å². The number of halogens is 1. The van der Waals surface area contributed by atoms with E-state index >= 15 is 0 Å². The predicted octanol–water partition coefficient (Wildman–Crippen LogP) is 0.489. The zero-order valence-corrected chi connectivity index (χ0v) is 12.9. The lowest BCUT2D eigenvalue weighted by atomic mass is 10.6. The summed E-state index contributed by atoms with van der Waals surface area (Å²) in [5, 5.41) is 23.3. The molecule has 0 aliphatic heterocycles. The highest BCUT2D eigenvalue weighted by atomic mass is 35.5. The van der Waals surface area contributed by atoms with Gasteiger partial charge in [-0.2, -0.15) is 17.0 Å². The number of hydrogen-bond acceptors (Lipinski definition) is 6. The van der Waals surface area contributed by atoms with E-state index in [1.165, 1.54) is 11.3 Å². The minimum atomic E-state index is -0.120. The van der Waals surface area contributed by atoms with Crippen LogP contribution in [0.4, 0.5) is 5.13 Å². The highest BCUT2D eigenvalue weighted by molar-refractivity contribution is 7.98. The fourth-order valence-corrected chi connectivity index (χ4v) is 2.64. The van der Waals surface area contributed by atoms with Gasteiger partial charge in [0.15, 0.2) is 11.1 Å². The smallest absolute Gasteiger partial charge is 0.209 e. The Morgan fingerprint density at radius 2 is 2.35 bits per heavy atom. The van der Waals surface area contributed by atoms with Crippen molar-refractivity contribution in [1.29, 1.82) is 10.7 Å². The lowest BCUT2D eigenvalue weighted by molar-refractivity contribution is 0.963. The summed E-state index contributed by atoms with van der Waals surface area (Å²) in [5.74, 6) is 1.58. The zero-order valence-electron chi connectivity index (χ0n) is 10.4. The Labute approximate surface area is 131 Å². The highest BCUT2D eigenvalue weighted by Gasteiger charge is 2.02. The van der Waals surface area contributed by atoms with Crippen LogP contribution in [0.5, 0.6) is 0 Å². The van der Waals surface area contributed by atoms with Gasteiger partial charge >= 0.3 is 0 Å². The number of aliphatic imine (C=N–C) groups is 1. The zero-order chi connectivity index (χ0) is 14.1. The molecular formula is C9H15ClN8S2. The standard InChI is InChI=1S/C9H14N8S2.ClH/c10-5-15-8(13)14-1-2-18-3-6-4-19-9(16-6)17-7(11)12;/h4H,1-3H2,(H3,13,14,15)(H4,11,12,16,17);1H. The highest BCUT2D eigenvalue weighted by Crippen LogP contribution is 2.18. The van der Waals surface area contributed by atoms with Crippen molar-refractivity contribution >= 4 is 52.6 Å². The Hall–Kier alpha value is -1.70. The van der Waals surface area contributed by atoms with Crippen molar-refractivity contribution in [2.24, 2.45) is 16.5 Å². The molecule has 11 heteroatoms. The molecule has 0 saturated heterocycles. The minimum absolute atomic E-state index is 0. The lowest BCUT2D eigenvalue weighted by Crippen LogP contribution is -2.32. The third-order valence-corrected chi connectivity index (χ3v) is 3.57. The second kappa shape index (κ2) is 10.1. The Morgan fingerprint density at radius 3 is 3.00 bits per heavy atom. The summed E-state index contributed by atoms with van der Waals surface area (Å²) < 4.78 is 0. The monoisotopic (exact) mass is 334 g/mol. The lowest BCUT2D eigenvalue weighted by Gasteiger charge is -2.02. The van der Waals surface area contributed by atoms with Crippen LogP contribution in [0.25, 0.3) is 0 Å². The van der Waals surface area contributed by atoms with Crippen LogP contribution in [-0.2, 0) is 5.75 Å². The van der Waals surface area contributed by atoms with E-state index in [1.807, 2.05) is 5.38 Å². The molecule has 1 rings (SSSR count). The molecule has 8 nitrogen and oxygen atoms in total. The number of nitrogens with one attached hydrogen (secondary N) is 3. The molecule has 0 aromatic carbocycles. The second-order valence-electron chi connectivity index (χ2n) is 3.26. The number of nitriles is 1. The second-order valence-corrected chi connectivity index (χ2v) is 5.22. The molecule has 0 spiro atoms. The number of rotatable bonds is 6. The van der Waals surface area contributed by atoms with Crippen LogP contribution in [-0.4, -0.2) is 29.2 Å². The summed E-state index contributed by atoms with van der Waals surface area (Å²) in [7, 11) is 0. The van der Waals surface area contributed by atoms with Gasteiger partial charge in [-0.05, 0) is 0 Å². The number of thioether (sulfide) groups is 1. The average Bonchev–Trinajstić information content (AvgIpc) is 2.75. The number of anilines is 1. The Kier molecular flexibility index (Phi) is 9.27. The molecule has 7 N–H and O–H groups in total. The predicted molar refractivity (Wildman–Crippen MR) is 86.3 cm³/mol.